The van der Waals surface area contributed by atoms with Crippen molar-refractivity contribution in [2.24, 2.45) is 0 Å². The Bertz CT molecular complexity index is 1820. The minimum absolute atomic E-state index is 0.0818. The van der Waals surface area contributed by atoms with Crippen molar-refractivity contribution in [3.05, 3.63) is 144 Å². The lowest BCUT2D eigenvalue weighted by Gasteiger charge is -2.16. The first-order valence-corrected chi connectivity index (χ1v) is 15.0. The zero-order chi connectivity index (χ0) is 30.9. The molecule has 0 aromatic heterocycles. The Morgan fingerprint density at radius 1 is 0.773 bits per heavy atom. The molecule has 0 bridgehead atoms. The summed E-state index contributed by atoms with van der Waals surface area (Å²) >= 11 is 1.36. The lowest BCUT2D eigenvalue weighted by Crippen LogP contribution is -2.30. The molecule has 6 nitrogen and oxygen atoms in total. The van der Waals surface area contributed by atoms with Crippen LogP contribution in [0.5, 0.6) is 0 Å². The number of nitrogens with one attached hydrogen (secondary N) is 3. The summed E-state index contributed by atoms with van der Waals surface area (Å²) in [4.78, 5) is 40.5. The summed E-state index contributed by atoms with van der Waals surface area (Å²) in [5.74, 6) is -1.49. The summed E-state index contributed by atoms with van der Waals surface area (Å²) in [6.45, 7) is 1.91. The average Bonchev–Trinajstić information content (AvgIpc) is 3.05. The van der Waals surface area contributed by atoms with Gasteiger partial charge < -0.3 is 16.0 Å². The lowest BCUT2D eigenvalue weighted by molar-refractivity contribution is -0.116. The van der Waals surface area contributed by atoms with Gasteiger partial charge in [-0.25, -0.2) is 4.39 Å². The largest absolute Gasteiger partial charge is 0.325 e. The van der Waals surface area contributed by atoms with Crippen molar-refractivity contribution in [3.8, 4) is 0 Å². The third-order valence-corrected chi connectivity index (χ3v) is 8.16. The predicted octanol–water partition coefficient (Wildman–Crippen LogP) is 7.90. The second-order valence-corrected chi connectivity index (χ2v) is 11.2. The van der Waals surface area contributed by atoms with Crippen LogP contribution in [0, 0.1) is 5.82 Å². The number of hydrogen-bond acceptors (Lipinski definition) is 4. The van der Waals surface area contributed by atoms with E-state index in [1.165, 1.54) is 36.0 Å². The smallest absolute Gasteiger partial charge is 0.272 e. The molecule has 1 unspecified atom stereocenters. The molecule has 0 radical (unpaired) electrons. The summed E-state index contributed by atoms with van der Waals surface area (Å²) < 4.78 is 13.3. The Hall–Kier alpha value is -5.21. The van der Waals surface area contributed by atoms with E-state index >= 15 is 0 Å². The fraction of sp³-hybridized carbons (Fsp3) is 0.0833. The minimum Gasteiger partial charge on any atom is -0.325 e. The van der Waals surface area contributed by atoms with Crippen molar-refractivity contribution in [2.75, 3.05) is 10.6 Å². The van der Waals surface area contributed by atoms with E-state index in [-0.39, 0.29) is 17.4 Å². The lowest BCUT2D eigenvalue weighted by atomic mass is 10.0. The number of hydrogen-bond donors (Lipinski definition) is 3. The van der Waals surface area contributed by atoms with Crippen molar-refractivity contribution in [1.29, 1.82) is 0 Å². The van der Waals surface area contributed by atoms with Gasteiger partial charge in [-0.3, -0.25) is 14.4 Å². The SMILES string of the molecule is CCC(Sc1cccc(NC(=O)/C(=C\c2cccc3ccccc23)NC(=O)c2ccccc2)c1)C(=O)Nc1ccc(F)cc1. The molecule has 0 spiro atoms. The summed E-state index contributed by atoms with van der Waals surface area (Å²) in [6, 6.07) is 35.1. The summed E-state index contributed by atoms with van der Waals surface area (Å²) in [7, 11) is 0. The highest BCUT2D eigenvalue weighted by atomic mass is 32.2. The second-order valence-electron chi connectivity index (χ2n) is 9.94. The average molecular weight is 604 g/mol. The van der Waals surface area contributed by atoms with Crippen LogP contribution in [-0.4, -0.2) is 23.0 Å². The van der Waals surface area contributed by atoms with Gasteiger partial charge in [0.05, 0.1) is 5.25 Å². The van der Waals surface area contributed by atoms with E-state index in [0.29, 0.717) is 23.4 Å². The molecule has 5 aromatic carbocycles. The molecule has 0 aliphatic carbocycles. The zero-order valence-electron chi connectivity index (χ0n) is 23.9. The Kier molecular flexibility index (Phi) is 9.84. The first-order chi connectivity index (χ1) is 21.4. The summed E-state index contributed by atoms with van der Waals surface area (Å²) in [5.41, 5.74) is 2.31. The van der Waals surface area contributed by atoms with Crippen LogP contribution in [0.3, 0.4) is 0 Å². The Labute approximate surface area is 259 Å². The van der Waals surface area contributed by atoms with Crippen LogP contribution in [0.1, 0.15) is 29.3 Å². The van der Waals surface area contributed by atoms with Gasteiger partial charge in [0.2, 0.25) is 5.91 Å². The zero-order valence-corrected chi connectivity index (χ0v) is 24.7. The summed E-state index contributed by atoms with van der Waals surface area (Å²) in [5, 5.41) is 10.1. The van der Waals surface area contributed by atoms with Crippen LogP contribution in [0.25, 0.3) is 16.8 Å². The van der Waals surface area contributed by atoms with Gasteiger partial charge in [-0.15, -0.1) is 11.8 Å². The van der Waals surface area contributed by atoms with E-state index in [4.69, 9.17) is 0 Å². The van der Waals surface area contributed by atoms with Crippen LogP contribution in [-0.2, 0) is 9.59 Å². The number of thioether (sulfide) groups is 1. The van der Waals surface area contributed by atoms with Crippen molar-refractivity contribution >= 4 is 57.7 Å². The van der Waals surface area contributed by atoms with Gasteiger partial charge in [0.1, 0.15) is 11.5 Å². The van der Waals surface area contributed by atoms with E-state index in [9.17, 15) is 18.8 Å². The van der Waals surface area contributed by atoms with Crippen molar-refractivity contribution in [1.82, 2.24) is 5.32 Å². The molecule has 0 aliphatic heterocycles. The van der Waals surface area contributed by atoms with Gasteiger partial charge in [0.15, 0.2) is 0 Å². The van der Waals surface area contributed by atoms with Crippen LogP contribution in [0.15, 0.2) is 132 Å². The maximum absolute atomic E-state index is 13.7. The number of anilines is 2. The van der Waals surface area contributed by atoms with Crippen LogP contribution in [0.2, 0.25) is 0 Å². The molecule has 0 aliphatic rings. The minimum atomic E-state index is -0.495. The van der Waals surface area contributed by atoms with Crippen molar-refractivity contribution in [3.63, 3.8) is 0 Å². The van der Waals surface area contributed by atoms with Crippen molar-refractivity contribution < 1.29 is 18.8 Å². The van der Waals surface area contributed by atoms with Gasteiger partial charge in [0.25, 0.3) is 11.8 Å². The number of amides is 3. The Morgan fingerprint density at radius 2 is 1.48 bits per heavy atom. The molecule has 0 heterocycles. The number of halogens is 1. The molecule has 0 saturated carbocycles. The number of carbonyl (C=O) groups excluding carboxylic acids is 3. The van der Waals surface area contributed by atoms with Gasteiger partial charge in [-0.2, -0.15) is 0 Å². The Morgan fingerprint density at radius 3 is 2.25 bits per heavy atom. The normalized spacial score (nSPS) is 11.9. The fourth-order valence-electron chi connectivity index (χ4n) is 4.56. The highest BCUT2D eigenvalue weighted by Crippen LogP contribution is 2.29. The second kappa shape index (κ2) is 14.3. The molecule has 8 heteroatoms. The molecule has 3 amide bonds. The predicted molar refractivity (Wildman–Crippen MR) is 176 cm³/mol. The maximum atomic E-state index is 13.7. The van der Waals surface area contributed by atoms with E-state index in [1.54, 1.807) is 48.5 Å². The number of carbonyl (C=O) groups is 3. The molecular formula is C36H30FN3O3S. The highest BCUT2D eigenvalue weighted by Gasteiger charge is 2.20. The molecule has 0 saturated heterocycles. The van der Waals surface area contributed by atoms with Crippen LogP contribution >= 0.6 is 11.8 Å². The van der Waals surface area contributed by atoms with Gasteiger partial charge in [0, 0.05) is 21.8 Å². The number of fused-ring (bicyclic) bond motifs is 1. The topological polar surface area (TPSA) is 87.3 Å². The molecule has 5 rings (SSSR count). The van der Waals surface area contributed by atoms with E-state index in [0.717, 1.165) is 21.2 Å². The molecule has 220 valence electrons. The number of benzene rings is 5. The number of rotatable bonds is 10. The summed E-state index contributed by atoms with van der Waals surface area (Å²) in [6.07, 6.45) is 2.22. The van der Waals surface area contributed by atoms with E-state index < -0.39 is 17.1 Å². The van der Waals surface area contributed by atoms with Gasteiger partial charge >= 0.3 is 0 Å². The van der Waals surface area contributed by atoms with Crippen LogP contribution in [0.4, 0.5) is 15.8 Å². The Balaban J connectivity index is 1.36. The highest BCUT2D eigenvalue weighted by molar-refractivity contribution is 8.00. The van der Waals surface area contributed by atoms with Crippen LogP contribution < -0.4 is 16.0 Å². The fourth-order valence-corrected chi connectivity index (χ4v) is 5.58. The molecule has 5 aromatic rings. The first kappa shape index (κ1) is 30.3. The first-order valence-electron chi connectivity index (χ1n) is 14.1. The monoisotopic (exact) mass is 603 g/mol. The van der Waals surface area contributed by atoms with Gasteiger partial charge in [-0.1, -0.05) is 73.7 Å². The molecular weight excluding hydrogens is 573 g/mol. The third-order valence-electron chi connectivity index (χ3n) is 6.80. The molecule has 3 N–H and O–H groups in total. The van der Waals surface area contributed by atoms with Gasteiger partial charge in [-0.05, 0) is 83.4 Å². The third kappa shape index (κ3) is 7.79. The molecule has 1 atom stereocenters. The van der Waals surface area contributed by atoms with E-state index in [2.05, 4.69) is 16.0 Å². The standard InChI is InChI=1S/C36H30FN3O3S/c1-2-33(36(43)38-28-20-18-27(37)19-21-28)44-30-16-9-15-29(23-30)39-35(42)32(40-34(41)25-11-4-3-5-12-25)22-26-14-8-13-24-10-6-7-17-31(24)26/h3-23,33H,2H2,1H3,(H,38,43)(H,39,42)(H,40,41)/b32-22+. The van der Waals surface area contributed by atoms with Crippen molar-refractivity contribution in [2.45, 2.75) is 23.5 Å². The quantitative estimate of drug-likeness (QED) is 0.112. The maximum Gasteiger partial charge on any atom is 0.272 e. The van der Waals surface area contributed by atoms with E-state index in [1.807, 2.05) is 61.5 Å². The molecule has 0 fully saturated rings. The molecule has 44 heavy (non-hydrogen) atoms.